The Morgan fingerprint density at radius 3 is 2.36 bits per heavy atom. The number of methoxy groups -OCH3 is 1. The Morgan fingerprint density at radius 2 is 1.69 bits per heavy atom. The van der Waals surface area contributed by atoms with E-state index < -0.39 is 6.04 Å². The molecule has 0 saturated carbocycles. The number of hydrogen-bond acceptors (Lipinski definition) is 5. The molecular formula is C29H28N4O3. The van der Waals surface area contributed by atoms with Crippen molar-refractivity contribution < 1.29 is 14.1 Å². The highest BCUT2D eigenvalue weighted by atomic mass is 16.5. The molecule has 0 spiro atoms. The summed E-state index contributed by atoms with van der Waals surface area (Å²) in [4.78, 5) is 19.7. The van der Waals surface area contributed by atoms with Crippen LogP contribution in [0.15, 0.2) is 89.1 Å². The first kappa shape index (κ1) is 23.4. The normalized spacial score (nSPS) is 15.7. The maximum atomic E-state index is 13.3. The quantitative estimate of drug-likeness (QED) is 0.351. The molecule has 3 aromatic carbocycles. The Balaban J connectivity index is 1.57. The Kier molecular flexibility index (Phi) is 6.54. The van der Waals surface area contributed by atoms with E-state index in [-0.39, 0.29) is 6.03 Å². The van der Waals surface area contributed by atoms with E-state index in [0.29, 0.717) is 18.3 Å². The van der Waals surface area contributed by atoms with Crippen LogP contribution in [0.1, 0.15) is 42.5 Å². The second kappa shape index (κ2) is 10.1. The number of amides is 2. The van der Waals surface area contributed by atoms with E-state index in [1.807, 2.05) is 73.7 Å². The molecule has 182 valence electrons. The molecule has 0 fully saturated rings. The summed E-state index contributed by atoms with van der Waals surface area (Å²) in [6.07, 6.45) is 0.943. The molecule has 0 saturated heterocycles. The molecule has 36 heavy (non-hydrogen) atoms. The lowest BCUT2D eigenvalue weighted by molar-refractivity contribution is 0.203. The molecular weight excluding hydrogens is 452 g/mol. The van der Waals surface area contributed by atoms with Gasteiger partial charge in [0.25, 0.3) is 5.89 Å². The molecule has 7 nitrogen and oxygen atoms in total. The highest BCUT2D eigenvalue weighted by Gasteiger charge is 2.35. The van der Waals surface area contributed by atoms with Crippen molar-refractivity contribution in [2.75, 3.05) is 7.11 Å². The molecule has 1 atom stereocenters. The predicted molar refractivity (Wildman–Crippen MR) is 138 cm³/mol. The number of aryl methyl sites for hydroxylation is 1. The van der Waals surface area contributed by atoms with Crippen molar-refractivity contribution >= 4 is 11.6 Å². The molecule has 1 N–H and O–H groups in total. The van der Waals surface area contributed by atoms with Crippen molar-refractivity contribution in [3.05, 3.63) is 107 Å². The first-order valence-corrected chi connectivity index (χ1v) is 12.0. The Morgan fingerprint density at radius 1 is 0.972 bits per heavy atom. The molecule has 1 aliphatic rings. The smallest absolute Gasteiger partial charge is 0.322 e. The van der Waals surface area contributed by atoms with Gasteiger partial charge in [0.15, 0.2) is 0 Å². The van der Waals surface area contributed by atoms with Gasteiger partial charge < -0.3 is 14.6 Å². The fourth-order valence-corrected chi connectivity index (χ4v) is 4.40. The lowest BCUT2D eigenvalue weighted by Crippen LogP contribution is -2.45. The third-order valence-electron chi connectivity index (χ3n) is 6.51. The van der Waals surface area contributed by atoms with E-state index in [0.717, 1.165) is 40.1 Å². The summed E-state index contributed by atoms with van der Waals surface area (Å²) in [7, 11) is 1.63. The number of nitrogens with one attached hydrogen (secondary N) is 1. The number of allylic oxidation sites excluding steroid dienone is 1. The number of nitrogens with zero attached hydrogens (tertiary/aromatic N) is 3. The minimum absolute atomic E-state index is 0.167. The highest BCUT2D eigenvalue weighted by Crippen LogP contribution is 2.38. The molecule has 2 heterocycles. The van der Waals surface area contributed by atoms with Gasteiger partial charge in [-0.15, -0.1) is 0 Å². The van der Waals surface area contributed by atoms with Crippen LogP contribution in [0.2, 0.25) is 0 Å². The van der Waals surface area contributed by atoms with Gasteiger partial charge in [-0.25, -0.2) is 4.79 Å². The third kappa shape index (κ3) is 4.60. The van der Waals surface area contributed by atoms with E-state index in [9.17, 15) is 4.79 Å². The summed E-state index contributed by atoms with van der Waals surface area (Å²) < 4.78 is 11.0. The fraction of sp³-hybridized carbons (Fsp3) is 0.207. The summed E-state index contributed by atoms with van der Waals surface area (Å²) in [5, 5.41) is 7.41. The molecule has 0 radical (unpaired) electrons. The van der Waals surface area contributed by atoms with Gasteiger partial charge in [0, 0.05) is 11.3 Å². The van der Waals surface area contributed by atoms with E-state index in [4.69, 9.17) is 14.2 Å². The van der Waals surface area contributed by atoms with Crippen LogP contribution in [0.25, 0.3) is 17.0 Å². The number of urea groups is 1. The zero-order valence-electron chi connectivity index (χ0n) is 20.6. The first-order valence-electron chi connectivity index (χ1n) is 12.0. The van der Waals surface area contributed by atoms with Gasteiger partial charge in [-0.2, -0.15) is 4.98 Å². The summed E-state index contributed by atoms with van der Waals surface area (Å²) in [6.45, 7) is 4.48. The van der Waals surface area contributed by atoms with E-state index in [1.54, 1.807) is 12.0 Å². The van der Waals surface area contributed by atoms with Crippen LogP contribution in [-0.4, -0.2) is 28.2 Å². The number of aromatic nitrogens is 2. The molecule has 2 amide bonds. The van der Waals surface area contributed by atoms with Crippen LogP contribution in [0.4, 0.5) is 4.79 Å². The van der Waals surface area contributed by atoms with Gasteiger partial charge in [-0.3, -0.25) is 4.90 Å². The van der Waals surface area contributed by atoms with E-state index in [2.05, 4.69) is 29.5 Å². The standard InChI is InChI=1S/C29H28N4O3/c1-4-20-10-12-22(13-11-20)26-25(19(2)33(29(34)30-26)18-21-8-6-5-7-9-21)28-31-27(32-36-28)23-14-16-24(35-3)17-15-23/h5-17,26H,4,18H2,1-3H3,(H,30,34). The predicted octanol–water partition coefficient (Wildman–Crippen LogP) is 6.01. The maximum Gasteiger partial charge on any atom is 0.322 e. The van der Waals surface area contributed by atoms with Gasteiger partial charge in [0.05, 0.1) is 25.3 Å². The van der Waals surface area contributed by atoms with Crippen molar-refractivity contribution in [3.8, 4) is 17.1 Å². The lowest BCUT2D eigenvalue weighted by atomic mass is 9.93. The second-order valence-electron chi connectivity index (χ2n) is 8.70. The molecule has 0 aliphatic carbocycles. The monoisotopic (exact) mass is 480 g/mol. The summed E-state index contributed by atoms with van der Waals surface area (Å²) in [5.41, 5.74) is 5.58. The molecule has 1 aliphatic heterocycles. The largest absolute Gasteiger partial charge is 0.497 e. The van der Waals surface area contributed by atoms with Crippen LogP contribution in [0, 0.1) is 0 Å². The summed E-state index contributed by atoms with van der Waals surface area (Å²) in [5.74, 6) is 1.60. The number of rotatable bonds is 7. The number of carbonyl (C=O) groups excluding carboxylic acids is 1. The number of hydrogen-bond donors (Lipinski definition) is 1. The van der Waals surface area contributed by atoms with Gasteiger partial charge in [-0.1, -0.05) is 66.7 Å². The van der Waals surface area contributed by atoms with Crippen molar-refractivity contribution in [2.24, 2.45) is 0 Å². The number of carbonyl (C=O) groups is 1. The molecule has 4 aromatic rings. The third-order valence-corrected chi connectivity index (χ3v) is 6.51. The SMILES string of the molecule is CCc1ccc(C2NC(=O)N(Cc3ccccc3)C(C)=C2c2nc(-c3ccc(OC)cc3)no2)cc1. The van der Waals surface area contributed by atoms with Crippen molar-refractivity contribution in [1.29, 1.82) is 0 Å². The number of ether oxygens (including phenoxy) is 1. The van der Waals surface area contributed by atoms with Gasteiger partial charge in [0.2, 0.25) is 5.82 Å². The zero-order valence-corrected chi connectivity index (χ0v) is 20.6. The van der Waals surface area contributed by atoms with Crippen molar-refractivity contribution in [1.82, 2.24) is 20.4 Å². The van der Waals surface area contributed by atoms with Crippen LogP contribution in [0.3, 0.4) is 0 Å². The van der Waals surface area contributed by atoms with E-state index >= 15 is 0 Å². The topological polar surface area (TPSA) is 80.5 Å². The van der Waals surface area contributed by atoms with Crippen LogP contribution in [0.5, 0.6) is 5.75 Å². The Labute approximate surface area is 210 Å². The fourth-order valence-electron chi connectivity index (χ4n) is 4.40. The van der Waals surface area contributed by atoms with Crippen molar-refractivity contribution in [2.45, 2.75) is 32.9 Å². The van der Waals surface area contributed by atoms with Crippen LogP contribution < -0.4 is 10.1 Å². The van der Waals surface area contributed by atoms with Gasteiger partial charge in [-0.05, 0) is 54.3 Å². The highest BCUT2D eigenvalue weighted by molar-refractivity contribution is 5.86. The van der Waals surface area contributed by atoms with E-state index in [1.165, 1.54) is 5.56 Å². The minimum Gasteiger partial charge on any atom is -0.497 e. The molecule has 5 rings (SSSR count). The molecule has 1 aromatic heterocycles. The number of benzene rings is 3. The summed E-state index contributed by atoms with van der Waals surface area (Å²) in [6, 6.07) is 25.1. The molecule has 7 heteroatoms. The maximum absolute atomic E-state index is 13.3. The van der Waals surface area contributed by atoms with Crippen molar-refractivity contribution in [3.63, 3.8) is 0 Å². The summed E-state index contributed by atoms with van der Waals surface area (Å²) >= 11 is 0. The Bertz CT molecular complexity index is 1380. The average Bonchev–Trinajstić information content (AvgIpc) is 3.41. The van der Waals surface area contributed by atoms with Gasteiger partial charge in [0.1, 0.15) is 5.75 Å². The van der Waals surface area contributed by atoms with Crippen LogP contribution in [-0.2, 0) is 13.0 Å². The average molecular weight is 481 g/mol. The molecule has 0 bridgehead atoms. The lowest BCUT2D eigenvalue weighted by Gasteiger charge is -2.35. The molecule has 1 unspecified atom stereocenters. The van der Waals surface area contributed by atoms with Gasteiger partial charge >= 0.3 is 6.03 Å². The minimum atomic E-state index is -0.417. The second-order valence-corrected chi connectivity index (χ2v) is 8.70. The zero-order chi connectivity index (χ0) is 25.1. The van der Waals surface area contributed by atoms with Crippen LogP contribution >= 0.6 is 0 Å². The first-order chi connectivity index (χ1) is 17.6. The Hall–Kier alpha value is -4.39.